The highest BCUT2D eigenvalue weighted by Crippen LogP contribution is 2.20. The summed E-state index contributed by atoms with van der Waals surface area (Å²) in [5, 5.41) is 3.30. The molecule has 1 amide bonds. The predicted molar refractivity (Wildman–Crippen MR) is 130 cm³/mol. The van der Waals surface area contributed by atoms with Crippen LogP contribution in [0.2, 0.25) is 0 Å². The fourth-order valence-electron chi connectivity index (χ4n) is 4.45. The molecule has 0 bridgehead atoms. The van der Waals surface area contributed by atoms with Gasteiger partial charge in [-0.1, -0.05) is 12.1 Å². The summed E-state index contributed by atoms with van der Waals surface area (Å²) in [6.45, 7) is 6.22. The van der Waals surface area contributed by atoms with Gasteiger partial charge < -0.3 is 19.4 Å². The summed E-state index contributed by atoms with van der Waals surface area (Å²) in [4.78, 5) is 28.4. The van der Waals surface area contributed by atoms with E-state index in [0.717, 1.165) is 23.4 Å². The number of hydrogen-bond donors (Lipinski definition) is 1. The Morgan fingerprint density at radius 3 is 2.97 bits per heavy atom. The number of nitrogens with one attached hydrogen (secondary N) is 1. The summed E-state index contributed by atoms with van der Waals surface area (Å²) < 4.78 is 7.88. The maximum absolute atomic E-state index is 13.4. The average Bonchev–Trinajstić information content (AvgIpc) is 3.15. The van der Waals surface area contributed by atoms with Gasteiger partial charge in [0, 0.05) is 60.6 Å². The Hall–Kier alpha value is -3.78. The molecule has 5 rings (SSSR count). The Bertz CT molecular complexity index is 1300. The van der Waals surface area contributed by atoms with Gasteiger partial charge in [-0.3, -0.25) is 4.79 Å². The number of imidazole rings is 1. The van der Waals surface area contributed by atoms with E-state index in [1.54, 1.807) is 6.20 Å². The third-order valence-electron chi connectivity index (χ3n) is 5.95. The minimum atomic E-state index is 0.0132. The SMILES string of the molecule is Cc1cc(Nc2cccc(C(=O)N3CCOC[C@H](Cc4ccc5nccn5c4)C3)c2)nc(C)n1. The van der Waals surface area contributed by atoms with E-state index in [9.17, 15) is 4.79 Å². The Morgan fingerprint density at radius 1 is 1.18 bits per heavy atom. The number of carbonyl (C=O) groups excluding carboxylic acids is 1. The van der Waals surface area contributed by atoms with Gasteiger partial charge in [0.1, 0.15) is 17.3 Å². The molecule has 1 saturated heterocycles. The molecular formula is C26H28N6O2. The first-order chi connectivity index (χ1) is 16.5. The van der Waals surface area contributed by atoms with Crippen molar-refractivity contribution in [2.24, 2.45) is 5.92 Å². The number of aryl methyl sites for hydroxylation is 2. The topological polar surface area (TPSA) is 84.7 Å². The van der Waals surface area contributed by atoms with E-state index in [4.69, 9.17) is 4.74 Å². The number of pyridine rings is 1. The molecule has 0 spiro atoms. The Kier molecular flexibility index (Phi) is 6.22. The normalized spacial score (nSPS) is 16.4. The molecule has 34 heavy (non-hydrogen) atoms. The lowest BCUT2D eigenvalue weighted by Gasteiger charge is -2.24. The van der Waals surface area contributed by atoms with E-state index < -0.39 is 0 Å². The number of amides is 1. The molecule has 1 fully saturated rings. The third kappa shape index (κ3) is 5.07. The maximum Gasteiger partial charge on any atom is 0.254 e. The minimum absolute atomic E-state index is 0.0132. The van der Waals surface area contributed by atoms with Crippen LogP contribution in [0.3, 0.4) is 0 Å². The third-order valence-corrected chi connectivity index (χ3v) is 5.95. The van der Waals surface area contributed by atoms with Crippen LogP contribution >= 0.6 is 0 Å². The first kappa shape index (κ1) is 22.0. The Balaban J connectivity index is 1.29. The van der Waals surface area contributed by atoms with E-state index in [1.165, 1.54) is 5.56 Å². The summed E-state index contributed by atoms with van der Waals surface area (Å²) in [5.41, 5.74) is 4.49. The first-order valence-corrected chi connectivity index (χ1v) is 11.5. The van der Waals surface area contributed by atoms with Crippen LogP contribution < -0.4 is 5.32 Å². The van der Waals surface area contributed by atoms with Gasteiger partial charge in [-0.15, -0.1) is 0 Å². The van der Waals surface area contributed by atoms with Gasteiger partial charge in [0.15, 0.2) is 0 Å². The summed E-state index contributed by atoms with van der Waals surface area (Å²) in [7, 11) is 0. The van der Waals surface area contributed by atoms with Crippen molar-refractivity contribution in [2.75, 3.05) is 31.6 Å². The molecule has 1 aliphatic heterocycles. The number of rotatable bonds is 5. The van der Waals surface area contributed by atoms with E-state index in [-0.39, 0.29) is 11.8 Å². The van der Waals surface area contributed by atoms with Gasteiger partial charge in [0.05, 0.1) is 13.2 Å². The number of fused-ring (bicyclic) bond motifs is 1. The van der Waals surface area contributed by atoms with Crippen LogP contribution in [-0.4, -0.2) is 56.5 Å². The van der Waals surface area contributed by atoms with E-state index in [0.29, 0.717) is 43.5 Å². The number of carbonyl (C=O) groups is 1. The molecule has 1 aliphatic rings. The fourth-order valence-corrected chi connectivity index (χ4v) is 4.45. The number of aromatic nitrogens is 4. The molecule has 8 heteroatoms. The van der Waals surface area contributed by atoms with Crippen LogP contribution in [0, 0.1) is 19.8 Å². The smallest absolute Gasteiger partial charge is 0.254 e. The second-order valence-electron chi connectivity index (χ2n) is 8.77. The number of benzene rings is 1. The van der Waals surface area contributed by atoms with E-state index in [1.807, 2.05) is 65.7 Å². The van der Waals surface area contributed by atoms with Gasteiger partial charge in [-0.2, -0.15) is 0 Å². The number of nitrogens with zero attached hydrogens (tertiary/aromatic N) is 5. The zero-order chi connectivity index (χ0) is 23.5. The molecule has 8 nitrogen and oxygen atoms in total. The van der Waals surface area contributed by atoms with Crippen LogP contribution in [0.1, 0.15) is 27.4 Å². The lowest BCUT2D eigenvalue weighted by Crippen LogP contribution is -2.36. The van der Waals surface area contributed by atoms with Crippen molar-refractivity contribution in [1.29, 1.82) is 0 Å². The molecule has 0 unspecified atom stereocenters. The molecule has 1 aromatic carbocycles. The average molecular weight is 457 g/mol. The molecule has 4 aromatic rings. The second-order valence-corrected chi connectivity index (χ2v) is 8.77. The number of anilines is 2. The van der Waals surface area contributed by atoms with Crippen molar-refractivity contribution in [3.05, 3.63) is 83.7 Å². The highest BCUT2D eigenvalue weighted by molar-refractivity contribution is 5.95. The second kappa shape index (κ2) is 9.61. The van der Waals surface area contributed by atoms with Gasteiger partial charge >= 0.3 is 0 Å². The number of hydrogen-bond acceptors (Lipinski definition) is 6. The Morgan fingerprint density at radius 2 is 2.09 bits per heavy atom. The summed E-state index contributed by atoms with van der Waals surface area (Å²) in [5.74, 6) is 1.66. The monoisotopic (exact) mass is 456 g/mol. The summed E-state index contributed by atoms with van der Waals surface area (Å²) in [6, 6.07) is 13.6. The molecule has 174 valence electrons. The summed E-state index contributed by atoms with van der Waals surface area (Å²) >= 11 is 0. The first-order valence-electron chi connectivity index (χ1n) is 11.5. The standard InChI is InChI=1S/C26H28N6O2/c1-18-12-24(29-19(2)28-18)30-23-5-3-4-22(14-23)26(33)32-10-11-34-17-21(16-32)13-20-6-7-25-27-8-9-31(25)15-20/h3-9,12,14-15,21H,10-11,13,16-17H2,1-2H3,(H,28,29,30)/t21-/m1/s1. The van der Waals surface area contributed by atoms with Crippen LogP contribution in [0.25, 0.3) is 5.65 Å². The van der Waals surface area contributed by atoms with Crippen molar-refractivity contribution < 1.29 is 9.53 Å². The van der Waals surface area contributed by atoms with Gasteiger partial charge in [-0.25, -0.2) is 15.0 Å². The van der Waals surface area contributed by atoms with Crippen LogP contribution in [-0.2, 0) is 11.2 Å². The van der Waals surface area contributed by atoms with Crippen molar-refractivity contribution in [2.45, 2.75) is 20.3 Å². The molecule has 0 saturated carbocycles. The predicted octanol–water partition coefficient (Wildman–Crippen LogP) is 3.82. The van der Waals surface area contributed by atoms with Crippen molar-refractivity contribution in [3.8, 4) is 0 Å². The van der Waals surface area contributed by atoms with Crippen LogP contribution in [0.5, 0.6) is 0 Å². The zero-order valence-electron chi connectivity index (χ0n) is 19.4. The fraction of sp³-hybridized carbons (Fsp3) is 0.308. The molecule has 3 aromatic heterocycles. The van der Waals surface area contributed by atoms with Crippen LogP contribution in [0.15, 0.2) is 61.1 Å². The lowest BCUT2D eigenvalue weighted by atomic mass is 10.0. The highest BCUT2D eigenvalue weighted by atomic mass is 16.5. The minimum Gasteiger partial charge on any atom is -0.379 e. The van der Waals surface area contributed by atoms with Gasteiger partial charge in [0.2, 0.25) is 0 Å². The molecule has 1 atom stereocenters. The zero-order valence-corrected chi connectivity index (χ0v) is 19.4. The Labute approximate surface area is 198 Å². The largest absolute Gasteiger partial charge is 0.379 e. The van der Waals surface area contributed by atoms with E-state index in [2.05, 4.69) is 32.5 Å². The van der Waals surface area contributed by atoms with Crippen LogP contribution in [0.4, 0.5) is 11.5 Å². The van der Waals surface area contributed by atoms with Crippen molar-refractivity contribution in [1.82, 2.24) is 24.3 Å². The molecule has 4 heterocycles. The highest BCUT2D eigenvalue weighted by Gasteiger charge is 2.24. The molecule has 0 radical (unpaired) electrons. The van der Waals surface area contributed by atoms with Gasteiger partial charge in [-0.05, 0) is 50.1 Å². The van der Waals surface area contributed by atoms with Gasteiger partial charge in [0.25, 0.3) is 5.91 Å². The molecule has 1 N–H and O–H groups in total. The lowest BCUT2D eigenvalue weighted by molar-refractivity contribution is 0.0737. The van der Waals surface area contributed by atoms with Crippen molar-refractivity contribution >= 4 is 23.1 Å². The van der Waals surface area contributed by atoms with Crippen molar-refractivity contribution in [3.63, 3.8) is 0 Å². The quantitative estimate of drug-likeness (QED) is 0.492. The molecule has 0 aliphatic carbocycles. The van der Waals surface area contributed by atoms with E-state index >= 15 is 0 Å². The molecular weight excluding hydrogens is 428 g/mol. The maximum atomic E-state index is 13.4. The number of ether oxygens (including phenoxy) is 1. The summed E-state index contributed by atoms with van der Waals surface area (Å²) in [6.07, 6.45) is 6.69.